The van der Waals surface area contributed by atoms with Crippen molar-refractivity contribution in [3.05, 3.63) is 156 Å². The summed E-state index contributed by atoms with van der Waals surface area (Å²) < 4.78 is 3.53. The molecule has 3 heterocycles. The Morgan fingerprint density at radius 1 is 0.776 bits per heavy atom. The molecular formula is C52H55IrN3SSi-2. The molecule has 0 atom stereocenters. The van der Waals surface area contributed by atoms with Gasteiger partial charge < -0.3 is 9.55 Å². The molecule has 0 bridgehead atoms. The molecule has 8 rings (SSSR count). The Morgan fingerprint density at radius 2 is 1.45 bits per heavy atom. The molecule has 0 aliphatic heterocycles. The summed E-state index contributed by atoms with van der Waals surface area (Å²) >= 11 is 1.68. The second kappa shape index (κ2) is 17.8. The predicted octanol–water partition coefficient (Wildman–Crippen LogP) is 14.1. The van der Waals surface area contributed by atoms with Gasteiger partial charge in [0.05, 0.1) is 24.9 Å². The molecule has 1 radical (unpaired) electrons. The van der Waals surface area contributed by atoms with Gasteiger partial charge in [-0.05, 0) is 75.5 Å². The first kappa shape index (κ1) is 43.1. The largest absolute Gasteiger partial charge is 0.333 e. The number of pyridine rings is 1. The van der Waals surface area contributed by atoms with Crippen LogP contribution in [0.3, 0.4) is 0 Å². The number of hydrogen-bond acceptors (Lipinski definition) is 3. The number of benzene rings is 5. The van der Waals surface area contributed by atoms with Gasteiger partial charge in [0, 0.05) is 32.0 Å². The van der Waals surface area contributed by atoms with E-state index in [-0.39, 0.29) is 25.5 Å². The first-order valence-corrected chi connectivity index (χ1v) is 24.6. The van der Waals surface area contributed by atoms with Crippen LogP contribution in [-0.2, 0) is 31.9 Å². The number of fused-ring (bicyclic) bond motifs is 2. The van der Waals surface area contributed by atoms with Crippen molar-refractivity contribution < 1.29 is 20.1 Å². The van der Waals surface area contributed by atoms with Crippen LogP contribution >= 0.6 is 11.3 Å². The molecule has 0 fully saturated rings. The van der Waals surface area contributed by atoms with Crippen molar-refractivity contribution in [2.75, 3.05) is 0 Å². The summed E-state index contributed by atoms with van der Waals surface area (Å²) in [5, 5.41) is 6.28. The normalized spacial score (nSPS) is 11.9. The van der Waals surface area contributed by atoms with Crippen molar-refractivity contribution in [1.82, 2.24) is 14.5 Å². The number of thiophene rings is 1. The van der Waals surface area contributed by atoms with Crippen LogP contribution in [0.4, 0.5) is 0 Å². The number of para-hydroxylation sites is 2. The number of hydrogen-bond donors (Lipinski definition) is 0. The summed E-state index contributed by atoms with van der Waals surface area (Å²) in [6.07, 6.45) is 3.24. The maximum Gasteiger partial charge on any atom is 0.0798 e. The zero-order chi connectivity index (χ0) is 40.5. The van der Waals surface area contributed by atoms with Gasteiger partial charge in [0.2, 0.25) is 0 Å². The summed E-state index contributed by atoms with van der Waals surface area (Å²) in [7, 11) is -1.34. The van der Waals surface area contributed by atoms with E-state index in [1.54, 1.807) is 11.3 Å². The minimum absolute atomic E-state index is 0. The fourth-order valence-corrected chi connectivity index (χ4v) is 9.90. The van der Waals surface area contributed by atoms with Gasteiger partial charge in [0.25, 0.3) is 0 Å². The van der Waals surface area contributed by atoms with Crippen LogP contribution in [0.5, 0.6) is 0 Å². The number of rotatable bonds is 8. The van der Waals surface area contributed by atoms with Crippen molar-refractivity contribution in [2.45, 2.75) is 85.9 Å². The van der Waals surface area contributed by atoms with Crippen molar-refractivity contribution in [1.29, 1.82) is 0 Å². The van der Waals surface area contributed by atoms with Gasteiger partial charge in [-0.3, -0.25) is 16.3 Å². The Bertz CT molecular complexity index is 2610. The second-order valence-electron chi connectivity index (χ2n) is 18.0. The zero-order valence-corrected chi connectivity index (χ0v) is 39.8. The molecule has 0 spiro atoms. The van der Waals surface area contributed by atoms with Crippen LogP contribution in [-0.4, -0.2) is 22.6 Å². The first-order chi connectivity index (χ1) is 27.2. The zero-order valence-electron chi connectivity index (χ0n) is 35.6. The minimum Gasteiger partial charge on any atom is -0.333 e. The quantitative estimate of drug-likeness (QED) is 0.112. The van der Waals surface area contributed by atoms with E-state index in [0.29, 0.717) is 11.8 Å². The molecule has 58 heavy (non-hydrogen) atoms. The van der Waals surface area contributed by atoms with Crippen LogP contribution in [0, 0.1) is 17.4 Å². The molecular weight excluding hydrogens is 919 g/mol. The molecule has 0 N–H and O–H groups in total. The molecule has 5 aromatic carbocycles. The van der Waals surface area contributed by atoms with Crippen molar-refractivity contribution in [3.8, 4) is 39.5 Å². The van der Waals surface area contributed by atoms with Crippen LogP contribution in [0.2, 0.25) is 19.6 Å². The van der Waals surface area contributed by atoms with Gasteiger partial charge in [-0.15, -0.1) is 47.3 Å². The van der Waals surface area contributed by atoms with Gasteiger partial charge in [0.15, 0.2) is 0 Å². The average Bonchev–Trinajstić information content (AvgIpc) is 3.79. The SMILES string of the molecule is CC(C)Cc1cc(-c2[c-]cccc2)ncc1[Si](C)(C)C.CC(C)c1ccc2c(-c3nc4ccccc4n3-c3ccc(-c4ccc(C(C)(C)C)cc4)cc3)[c-]sc2c1.[Ir]. The number of imidazole rings is 1. The average molecular weight is 974 g/mol. The Labute approximate surface area is 365 Å². The first-order valence-electron chi connectivity index (χ1n) is 20.3. The second-order valence-corrected chi connectivity index (χ2v) is 23.9. The third kappa shape index (κ3) is 9.53. The summed E-state index contributed by atoms with van der Waals surface area (Å²) in [5.41, 5.74) is 13.2. The van der Waals surface area contributed by atoms with Crippen LogP contribution in [0.15, 0.2) is 128 Å². The van der Waals surface area contributed by atoms with Crippen LogP contribution in [0.1, 0.15) is 71.1 Å². The Balaban J connectivity index is 0.000000230. The molecule has 0 amide bonds. The molecule has 6 heteroatoms. The van der Waals surface area contributed by atoms with E-state index in [2.05, 4.69) is 198 Å². The summed E-state index contributed by atoms with van der Waals surface area (Å²) in [6, 6.07) is 46.5. The van der Waals surface area contributed by atoms with E-state index in [1.165, 1.54) is 43.1 Å². The molecule has 0 aliphatic rings. The third-order valence-electron chi connectivity index (χ3n) is 10.6. The summed E-state index contributed by atoms with van der Waals surface area (Å²) in [4.78, 5) is 9.78. The smallest absolute Gasteiger partial charge is 0.0798 e. The van der Waals surface area contributed by atoms with Gasteiger partial charge in [-0.2, -0.15) is 0 Å². The predicted molar refractivity (Wildman–Crippen MR) is 249 cm³/mol. The molecule has 299 valence electrons. The van der Waals surface area contributed by atoms with Gasteiger partial charge in [-0.25, -0.2) is 0 Å². The van der Waals surface area contributed by atoms with E-state index in [9.17, 15) is 0 Å². The Hall–Kier alpha value is -4.45. The molecule has 3 aromatic heterocycles. The summed E-state index contributed by atoms with van der Waals surface area (Å²) in [5.74, 6) is 2.11. The van der Waals surface area contributed by atoms with E-state index in [4.69, 9.17) is 4.98 Å². The van der Waals surface area contributed by atoms with Crippen LogP contribution in [0.25, 0.3) is 60.6 Å². The molecule has 0 saturated heterocycles. The Morgan fingerprint density at radius 3 is 2.07 bits per heavy atom. The topological polar surface area (TPSA) is 30.7 Å². The standard InChI is InChI=1S/C34H31N2S.C18H24NSi.Ir/c1-22(2)25-14-19-28-29(21-37-32(28)20-25)33-35-30-8-6-7-9-31(30)36(33)27-17-12-24(13-18-27)23-10-15-26(16-11-23)34(3,4)5;1-14(2)11-16-12-17(15-9-7-6-8-10-15)19-13-18(16)20(3,4)5;/h6-20,22H,1-5H3;6-9,12-14H,11H2,1-5H3;/q2*-1;. The van der Waals surface area contributed by atoms with Crippen molar-refractivity contribution in [2.24, 2.45) is 5.92 Å². The fourth-order valence-electron chi connectivity index (χ4n) is 7.42. The van der Waals surface area contributed by atoms with Crippen molar-refractivity contribution >= 4 is 45.7 Å². The molecule has 0 aliphatic carbocycles. The van der Waals surface area contributed by atoms with Gasteiger partial charge >= 0.3 is 0 Å². The minimum atomic E-state index is -1.34. The monoisotopic (exact) mass is 974 g/mol. The van der Waals surface area contributed by atoms with Crippen molar-refractivity contribution in [3.63, 3.8) is 0 Å². The third-order valence-corrected chi connectivity index (χ3v) is 13.5. The van der Waals surface area contributed by atoms with E-state index < -0.39 is 8.07 Å². The Kier molecular flexibility index (Phi) is 13.2. The van der Waals surface area contributed by atoms with E-state index >= 15 is 0 Å². The van der Waals surface area contributed by atoms with E-state index in [0.717, 1.165) is 45.8 Å². The fraction of sp³-hybridized carbons (Fsp3) is 0.269. The number of nitrogens with zero attached hydrogens (tertiary/aromatic N) is 3. The molecule has 0 unspecified atom stereocenters. The van der Waals surface area contributed by atoms with Crippen LogP contribution < -0.4 is 5.19 Å². The molecule has 8 aromatic rings. The maximum atomic E-state index is 5.09. The van der Waals surface area contributed by atoms with E-state index in [1.807, 2.05) is 18.2 Å². The van der Waals surface area contributed by atoms with Gasteiger partial charge in [0.1, 0.15) is 0 Å². The van der Waals surface area contributed by atoms with Gasteiger partial charge in [-0.1, -0.05) is 162 Å². The molecule has 3 nitrogen and oxygen atoms in total. The maximum absolute atomic E-state index is 5.09. The molecule has 0 saturated carbocycles. The summed E-state index contributed by atoms with van der Waals surface area (Å²) in [6.45, 7) is 23.0. The number of aromatic nitrogens is 3.